The Labute approximate surface area is 210 Å². The summed E-state index contributed by atoms with van der Waals surface area (Å²) in [4.78, 5) is 49.2. The van der Waals surface area contributed by atoms with Crippen LogP contribution in [-0.4, -0.2) is 62.8 Å². The van der Waals surface area contributed by atoms with Crippen molar-refractivity contribution in [2.24, 2.45) is 5.16 Å². The molecule has 180 valence electrons. The normalized spacial score (nSPS) is 20.0. The Kier molecular flexibility index (Phi) is 6.17. The number of hydrogen-bond donors (Lipinski definition) is 3. The molecule has 3 aromatic heterocycles. The first-order chi connectivity index (χ1) is 16.9. The van der Waals surface area contributed by atoms with Crippen molar-refractivity contribution < 1.29 is 28.9 Å². The number of oxime groups is 1. The van der Waals surface area contributed by atoms with E-state index in [4.69, 9.17) is 10.6 Å². The Morgan fingerprint density at radius 3 is 2.94 bits per heavy atom. The molecule has 1 saturated heterocycles. The summed E-state index contributed by atoms with van der Waals surface area (Å²) < 4.78 is 1.98. The van der Waals surface area contributed by atoms with E-state index in [1.807, 2.05) is 34.3 Å². The van der Waals surface area contributed by atoms with E-state index in [9.17, 15) is 19.5 Å². The van der Waals surface area contributed by atoms with Gasteiger partial charge < -0.3 is 21.0 Å². The third-order valence-electron chi connectivity index (χ3n) is 5.54. The van der Waals surface area contributed by atoms with Crippen molar-refractivity contribution in [3.63, 3.8) is 0 Å². The first-order valence-corrected chi connectivity index (χ1v) is 13.1. The number of thioether (sulfide) groups is 1. The molecular formula is C21H19N6O5S3+. The van der Waals surface area contributed by atoms with E-state index in [1.54, 1.807) is 16.7 Å². The van der Waals surface area contributed by atoms with Crippen LogP contribution in [0.3, 0.4) is 0 Å². The number of nitrogens with two attached hydrogens (primary N) is 1. The molecule has 1 fully saturated rings. The molecule has 5 heterocycles. The van der Waals surface area contributed by atoms with Gasteiger partial charge in [0.25, 0.3) is 16.6 Å². The fourth-order valence-corrected chi connectivity index (χ4v) is 6.79. The molecule has 2 amide bonds. The number of aliphatic carboxylic acids is 1. The van der Waals surface area contributed by atoms with Gasteiger partial charge in [-0.05, 0) is 17.5 Å². The maximum atomic E-state index is 13.0. The second kappa shape index (κ2) is 9.28. The number of nitrogens with zero attached hydrogens (tertiary/aromatic N) is 4. The van der Waals surface area contributed by atoms with Gasteiger partial charge in [-0.3, -0.25) is 14.5 Å². The van der Waals surface area contributed by atoms with Crippen LogP contribution in [0, 0.1) is 0 Å². The van der Waals surface area contributed by atoms with Crippen LogP contribution in [0.4, 0.5) is 5.13 Å². The molecule has 0 bridgehead atoms. The van der Waals surface area contributed by atoms with Crippen LogP contribution >= 0.6 is 34.4 Å². The number of nitrogens with one attached hydrogen (secondary N) is 1. The fraction of sp³-hybridized carbons (Fsp3) is 0.238. The van der Waals surface area contributed by atoms with Gasteiger partial charge in [0.2, 0.25) is 0 Å². The Bertz CT molecular complexity index is 1410. The van der Waals surface area contributed by atoms with E-state index in [1.165, 1.54) is 23.8 Å². The predicted molar refractivity (Wildman–Crippen MR) is 132 cm³/mol. The highest BCUT2D eigenvalue weighted by Gasteiger charge is 2.54. The summed E-state index contributed by atoms with van der Waals surface area (Å²) in [6, 6.07) is 5.00. The second-order valence-electron chi connectivity index (χ2n) is 7.63. The number of thiazole rings is 1. The van der Waals surface area contributed by atoms with Crippen molar-refractivity contribution in [2.75, 3.05) is 18.6 Å². The number of rotatable bonds is 7. The second-order valence-corrected chi connectivity index (χ2v) is 10.5. The van der Waals surface area contributed by atoms with Gasteiger partial charge in [0, 0.05) is 22.8 Å². The summed E-state index contributed by atoms with van der Waals surface area (Å²) in [5, 5.41) is 20.6. The van der Waals surface area contributed by atoms with Gasteiger partial charge in [0.05, 0.1) is 5.39 Å². The van der Waals surface area contributed by atoms with Crippen molar-refractivity contribution >= 4 is 73.3 Å². The number of β-lactam (4-membered cyclic amide) rings is 1. The zero-order chi connectivity index (χ0) is 24.7. The number of hydrogen-bond acceptors (Lipinski definition) is 10. The van der Waals surface area contributed by atoms with Crippen molar-refractivity contribution in [1.82, 2.24) is 15.2 Å². The Morgan fingerprint density at radius 1 is 1.40 bits per heavy atom. The molecule has 2 aliphatic rings. The molecule has 35 heavy (non-hydrogen) atoms. The van der Waals surface area contributed by atoms with Gasteiger partial charge in [-0.15, -0.1) is 23.1 Å². The fourth-order valence-electron chi connectivity index (χ4n) is 4.03. The van der Waals surface area contributed by atoms with Crippen LogP contribution in [0.1, 0.15) is 5.69 Å². The standard InChI is InChI=1S/C21H18N6O5S3/c1-32-25-13(12-9-35-21(22)23-12)16(28)24-14-17(29)27-15(20(30)31)11(8-34-19(14)27)7-26-5-2-3-10-4-6-33-18(10)26/h2-6,9,14,19H,7-8H2,1H3,(H3-,22,23,24,28,30,31)/p+1/b25-13-/t14?,19-/m1/s1. The lowest BCUT2D eigenvalue weighted by atomic mass is 10.0. The number of aromatic nitrogens is 2. The van der Waals surface area contributed by atoms with Gasteiger partial charge in [-0.2, -0.15) is 4.57 Å². The van der Waals surface area contributed by atoms with E-state index in [0.29, 0.717) is 17.9 Å². The quantitative estimate of drug-likeness (QED) is 0.177. The molecule has 0 aliphatic carbocycles. The monoisotopic (exact) mass is 531 g/mol. The molecule has 0 radical (unpaired) electrons. The number of pyridine rings is 1. The number of carbonyl (C=O) groups excluding carboxylic acids is 2. The topological polar surface area (TPSA) is 151 Å². The number of carbonyl (C=O) groups is 3. The number of amides is 2. The average molecular weight is 532 g/mol. The molecule has 0 aromatic carbocycles. The van der Waals surface area contributed by atoms with Crippen molar-refractivity contribution in [1.29, 1.82) is 0 Å². The number of thiophene rings is 1. The number of nitrogen functional groups attached to an aromatic ring is 1. The molecule has 3 aromatic rings. The van der Waals surface area contributed by atoms with Crippen molar-refractivity contribution in [2.45, 2.75) is 18.0 Å². The van der Waals surface area contributed by atoms with Crippen LogP contribution in [0.5, 0.6) is 0 Å². The minimum absolute atomic E-state index is 0.0386. The Balaban J connectivity index is 1.38. The minimum Gasteiger partial charge on any atom is -0.477 e. The van der Waals surface area contributed by atoms with E-state index in [0.717, 1.165) is 21.6 Å². The number of carboxylic acids is 1. The summed E-state index contributed by atoms with van der Waals surface area (Å²) in [6.07, 6.45) is 1.89. The smallest absolute Gasteiger partial charge is 0.352 e. The zero-order valence-corrected chi connectivity index (χ0v) is 20.7. The molecule has 2 atom stereocenters. The molecule has 2 aliphatic heterocycles. The lowest BCUT2D eigenvalue weighted by Crippen LogP contribution is -2.71. The Morgan fingerprint density at radius 2 is 2.23 bits per heavy atom. The van der Waals surface area contributed by atoms with Crippen LogP contribution in [0.25, 0.3) is 10.2 Å². The Hall–Kier alpha value is -3.49. The minimum atomic E-state index is -1.18. The molecule has 11 nitrogen and oxygen atoms in total. The highest BCUT2D eigenvalue weighted by atomic mass is 32.2. The lowest BCUT2D eigenvalue weighted by Gasteiger charge is -2.49. The van der Waals surface area contributed by atoms with Gasteiger partial charge >= 0.3 is 5.97 Å². The van der Waals surface area contributed by atoms with Crippen LogP contribution < -0.4 is 15.6 Å². The van der Waals surface area contributed by atoms with Crippen molar-refractivity contribution in [3.05, 3.63) is 52.1 Å². The number of anilines is 1. The first-order valence-electron chi connectivity index (χ1n) is 10.3. The molecule has 0 saturated carbocycles. The van der Waals surface area contributed by atoms with E-state index in [2.05, 4.69) is 15.5 Å². The SMILES string of the molecule is CO/N=C(\C(=O)NC1C(=O)N2C(C(=O)O)=C(C[n+]3cccc4ccsc43)CS[C@H]12)c1csc(N)n1. The summed E-state index contributed by atoms with van der Waals surface area (Å²) in [7, 11) is 1.29. The van der Waals surface area contributed by atoms with E-state index in [-0.39, 0.29) is 22.2 Å². The molecule has 1 unspecified atom stereocenters. The molecule has 5 rings (SSSR count). The molecular weight excluding hydrogens is 512 g/mol. The number of carboxylic acid groups (broad SMARTS) is 1. The summed E-state index contributed by atoms with van der Waals surface area (Å²) in [6.45, 7) is 0.343. The van der Waals surface area contributed by atoms with Gasteiger partial charge in [-0.25, -0.2) is 9.78 Å². The lowest BCUT2D eigenvalue weighted by molar-refractivity contribution is -0.661. The third-order valence-corrected chi connectivity index (χ3v) is 8.52. The highest BCUT2D eigenvalue weighted by Crippen LogP contribution is 2.40. The summed E-state index contributed by atoms with van der Waals surface area (Å²) in [5.74, 6) is -1.94. The molecule has 0 spiro atoms. The van der Waals surface area contributed by atoms with Crippen LogP contribution in [0.15, 0.2) is 51.6 Å². The number of fused-ring (bicyclic) bond motifs is 2. The van der Waals surface area contributed by atoms with Gasteiger partial charge in [-0.1, -0.05) is 16.5 Å². The van der Waals surface area contributed by atoms with Gasteiger partial charge in [0.15, 0.2) is 23.6 Å². The van der Waals surface area contributed by atoms with Crippen molar-refractivity contribution in [3.8, 4) is 0 Å². The first kappa shape index (κ1) is 23.3. The van der Waals surface area contributed by atoms with Crippen LogP contribution in [-0.2, 0) is 25.8 Å². The summed E-state index contributed by atoms with van der Waals surface area (Å²) >= 11 is 4.11. The molecule has 4 N–H and O–H groups in total. The largest absolute Gasteiger partial charge is 0.477 e. The highest BCUT2D eigenvalue weighted by molar-refractivity contribution is 8.00. The van der Waals surface area contributed by atoms with E-state index < -0.39 is 29.2 Å². The van der Waals surface area contributed by atoms with Gasteiger partial charge in [0.1, 0.15) is 29.9 Å². The maximum absolute atomic E-state index is 13.0. The zero-order valence-electron chi connectivity index (χ0n) is 18.2. The predicted octanol–water partition coefficient (Wildman–Crippen LogP) is 1.02. The van der Waals surface area contributed by atoms with E-state index >= 15 is 0 Å². The third kappa shape index (κ3) is 4.13. The summed E-state index contributed by atoms with van der Waals surface area (Å²) in [5.41, 5.74) is 6.34. The van der Waals surface area contributed by atoms with Crippen LogP contribution in [0.2, 0.25) is 0 Å². The average Bonchev–Trinajstić information content (AvgIpc) is 3.49. The molecule has 14 heteroatoms. The maximum Gasteiger partial charge on any atom is 0.352 e.